The lowest BCUT2D eigenvalue weighted by Gasteiger charge is -2.30. The zero-order valence-corrected chi connectivity index (χ0v) is 16.6. The number of benzene rings is 1. The van der Waals surface area contributed by atoms with Crippen LogP contribution in [0.4, 0.5) is 0 Å². The summed E-state index contributed by atoms with van der Waals surface area (Å²) < 4.78 is 16.2. The van der Waals surface area contributed by atoms with E-state index < -0.39 is 0 Å². The van der Waals surface area contributed by atoms with Crippen molar-refractivity contribution in [3.8, 4) is 5.75 Å². The van der Waals surface area contributed by atoms with Gasteiger partial charge in [0.25, 0.3) is 5.91 Å². The van der Waals surface area contributed by atoms with E-state index in [1.165, 1.54) is 0 Å². The second-order valence-corrected chi connectivity index (χ2v) is 6.94. The summed E-state index contributed by atoms with van der Waals surface area (Å²) in [6, 6.07) is 7.71. The van der Waals surface area contributed by atoms with Crippen LogP contribution in [0.1, 0.15) is 47.1 Å². The van der Waals surface area contributed by atoms with Crippen molar-refractivity contribution in [2.45, 2.75) is 40.2 Å². The zero-order chi connectivity index (χ0) is 20.1. The summed E-state index contributed by atoms with van der Waals surface area (Å²) in [6.45, 7) is 7.10. The number of nitrogens with zero attached hydrogens (tertiary/aromatic N) is 2. The van der Waals surface area contributed by atoms with Crippen LogP contribution in [0.2, 0.25) is 0 Å². The number of carbonyl (C=O) groups excluding carboxylic acids is 2. The number of carbonyl (C=O) groups is 2. The van der Waals surface area contributed by atoms with Gasteiger partial charge in [0.05, 0.1) is 18.1 Å². The molecule has 0 N–H and O–H groups in total. The first kappa shape index (κ1) is 19.9. The highest BCUT2D eigenvalue weighted by molar-refractivity contribution is 5.94. The van der Waals surface area contributed by atoms with Crippen molar-refractivity contribution < 1.29 is 23.6 Å². The van der Waals surface area contributed by atoms with Gasteiger partial charge in [-0.3, -0.25) is 9.59 Å². The van der Waals surface area contributed by atoms with Gasteiger partial charge in [-0.1, -0.05) is 23.4 Å². The number of esters is 1. The van der Waals surface area contributed by atoms with E-state index in [4.69, 9.17) is 14.0 Å². The first-order chi connectivity index (χ1) is 13.5. The molecule has 0 unspecified atom stereocenters. The summed E-state index contributed by atoms with van der Waals surface area (Å²) in [7, 11) is 0. The van der Waals surface area contributed by atoms with Gasteiger partial charge >= 0.3 is 5.97 Å². The molecule has 0 aliphatic carbocycles. The van der Waals surface area contributed by atoms with Gasteiger partial charge in [-0.25, -0.2) is 0 Å². The standard InChI is InChI=1S/C21H26N2O5/c1-4-26-21(25)16-9-11-23(12-10-16)20(24)19-17(15(3)28-22-19)13-27-18-8-6-5-7-14(18)2/h5-8,16H,4,9-13H2,1-3H3. The SMILES string of the molecule is CCOC(=O)C1CCN(C(=O)c2noc(C)c2COc2ccccc2C)CC1. The topological polar surface area (TPSA) is 81.9 Å². The molecule has 7 nitrogen and oxygen atoms in total. The summed E-state index contributed by atoms with van der Waals surface area (Å²) in [6.07, 6.45) is 1.19. The Kier molecular flexibility index (Phi) is 6.34. The number of hydrogen-bond acceptors (Lipinski definition) is 6. The Morgan fingerprint density at radius 3 is 2.61 bits per heavy atom. The minimum Gasteiger partial charge on any atom is -0.488 e. The Labute approximate surface area is 164 Å². The van der Waals surface area contributed by atoms with Crippen LogP contribution >= 0.6 is 0 Å². The van der Waals surface area contributed by atoms with E-state index in [0.717, 1.165) is 11.3 Å². The highest BCUT2D eigenvalue weighted by atomic mass is 16.5. The maximum Gasteiger partial charge on any atom is 0.309 e. The lowest BCUT2D eigenvalue weighted by Crippen LogP contribution is -2.41. The number of amides is 1. The van der Waals surface area contributed by atoms with Crippen molar-refractivity contribution >= 4 is 11.9 Å². The lowest BCUT2D eigenvalue weighted by atomic mass is 9.96. The molecule has 2 heterocycles. The van der Waals surface area contributed by atoms with Crippen molar-refractivity contribution in [3.05, 3.63) is 46.8 Å². The molecule has 0 spiro atoms. The first-order valence-electron chi connectivity index (χ1n) is 9.60. The smallest absolute Gasteiger partial charge is 0.309 e. The van der Waals surface area contributed by atoms with Gasteiger partial charge in [0.15, 0.2) is 5.69 Å². The van der Waals surface area contributed by atoms with Gasteiger partial charge < -0.3 is 18.9 Å². The summed E-state index contributed by atoms with van der Waals surface area (Å²) in [5.41, 5.74) is 1.95. The molecule has 1 amide bonds. The summed E-state index contributed by atoms with van der Waals surface area (Å²) in [4.78, 5) is 26.5. The summed E-state index contributed by atoms with van der Waals surface area (Å²) in [5, 5.41) is 3.97. The van der Waals surface area contributed by atoms with Gasteiger partial charge in [-0.2, -0.15) is 0 Å². The number of piperidine rings is 1. The average Bonchev–Trinajstić information content (AvgIpc) is 3.07. The highest BCUT2D eigenvalue weighted by Crippen LogP contribution is 2.24. The van der Waals surface area contributed by atoms with Gasteiger partial charge in [-0.05, 0) is 45.2 Å². The quantitative estimate of drug-likeness (QED) is 0.709. The van der Waals surface area contributed by atoms with Crippen molar-refractivity contribution in [3.63, 3.8) is 0 Å². The Balaban J connectivity index is 1.65. The first-order valence-corrected chi connectivity index (χ1v) is 9.60. The predicted molar refractivity (Wildman–Crippen MR) is 102 cm³/mol. The van der Waals surface area contributed by atoms with Crippen molar-refractivity contribution in [2.75, 3.05) is 19.7 Å². The number of hydrogen-bond donors (Lipinski definition) is 0. The van der Waals surface area contributed by atoms with Crippen LogP contribution in [-0.4, -0.2) is 41.6 Å². The van der Waals surface area contributed by atoms with Crippen LogP contribution in [0.5, 0.6) is 5.75 Å². The normalized spacial score (nSPS) is 14.8. The number of rotatable bonds is 6. The van der Waals surface area contributed by atoms with E-state index >= 15 is 0 Å². The molecule has 2 aromatic rings. The molecular weight excluding hydrogens is 360 g/mol. The number of likely N-dealkylation sites (tertiary alicyclic amines) is 1. The molecule has 0 saturated carbocycles. The van der Waals surface area contributed by atoms with Crippen molar-refractivity contribution in [1.82, 2.24) is 10.1 Å². The number of para-hydroxylation sites is 1. The van der Waals surface area contributed by atoms with E-state index in [-0.39, 0.29) is 30.1 Å². The lowest BCUT2D eigenvalue weighted by molar-refractivity contribution is -0.149. The fourth-order valence-electron chi connectivity index (χ4n) is 3.33. The van der Waals surface area contributed by atoms with E-state index in [9.17, 15) is 9.59 Å². The second kappa shape index (κ2) is 8.91. The Hall–Kier alpha value is -2.83. The molecule has 7 heteroatoms. The fourth-order valence-corrected chi connectivity index (χ4v) is 3.33. The molecule has 28 heavy (non-hydrogen) atoms. The number of ether oxygens (including phenoxy) is 2. The molecule has 0 radical (unpaired) electrons. The third-order valence-corrected chi connectivity index (χ3v) is 5.05. The number of aryl methyl sites for hydroxylation is 2. The third-order valence-electron chi connectivity index (χ3n) is 5.05. The number of aromatic nitrogens is 1. The van der Waals surface area contributed by atoms with Crippen LogP contribution < -0.4 is 4.74 Å². The molecular formula is C21H26N2O5. The molecule has 1 aliphatic rings. The summed E-state index contributed by atoms with van der Waals surface area (Å²) >= 11 is 0. The van der Waals surface area contributed by atoms with E-state index in [2.05, 4.69) is 5.16 Å². The van der Waals surface area contributed by atoms with Gasteiger partial charge in [0.2, 0.25) is 0 Å². The molecule has 3 rings (SSSR count). The summed E-state index contributed by atoms with van der Waals surface area (Å²) in [5.74, 6) is 0.809. The maximum atomic E-state index is 12.9. The maximum absolute atomic E-state index is 12.9. The second-order valence-electron chi connectivity index (χ2n) is 6.94. The highest BCUT2D eigenvalue weighted by Gasteiger charge is 2.31. The van der Waals surface area contributed by atoms with Crippen molar-refractivity contribution in [1.29, 1.82) is 0 Å². The average molecular weight is 386 g/mol. The third kappa shape index (κ3) is 4.35. The minimum atomic E-state index is -0.192. The monoisotopic (exact) mass is 386 g/mol. The minimum absolute atomic E-state index is 0.146. The van der Waals surface area contributed by atoms with Crippen molar-refractivity contribution in [2.24, 2.45) is 5.92 Å². The Morgan fingerprint density at radius 2 is 1.93 bits per heavy atom. The molecule has 1 aromatic carbocycles. The predicted octanol–water partition coefficient (Wildman–Crippen LogP) is 3.29. The Morgan fingerprint density at radius 1 is 1.21 bits per heavy atom. The van der Waals surface area contributed by atoms with Crippen LogP contribution in [0.3, 0.4) is 0 Å². The van der Waals surface area contributed by atoms with Gasteiger partial charge in [0, 0.05) is 13.1 Å². The molecule has 0 bridgehead atoms. The molecule has 1 saturated heterocycles. The zero-order valence-electron chi connectivity index (χ0n) is 16.6. The van der Waals surface area contributed by atoms with Crippen LogP contribution in [0, 0.1) is 19.8 Å². The van der Waals surface area contributed by atoms with E-state index in [1.807, 2.05) is 31.2 Å². The molecule has 1 fully saturated rings. The fraction of sp³-hybridized carbons (Fsp3) is 0.476. The largest absolute Gasteiger partial charge is 0.488 e. The molecule has 0 atom stereocenters. The van der Waals surface area contributed by atoms with E-state index in [1.54, 1.807) is 18.7 Å². The van der Waals surface area contributed by atoms with Crippen LogP contribution in [0.25, 0.3) is 0 Å². The Bertz CT molecular complexity index is 837. The molecule has 1 aromatic heterocycles. The van der Waals surface area contributed by atoms with E-state index in [0.29, 0.717) is 43.9 Å². The molecule has 1 aliphatic heterocycles. The van der Waals surface area contributed by atoms with Gasteiger partial charge in [0.1, 0.15) is 18.1 Å². The molecule has 150 valence electrons. The van der Waals surface area contributed by atoms with Crippen LogP contribution in [-0.2, 0) is 16.1 Å². The van der Waals surface area contributed by atoms with Gasteiger partial charge in [-0.15, -0.1) is 0 Å². The van der Waals surface area contributed by atoms with Crippen LogP contribution in [0.15, 0.2) is 28.8 Å².